The highest BCUT2D eigenvalue weighted by Crippen LogP contribution is 2.31. The number of hydrogen-bond donors (Lipinski definition) is 0. The third-order valence-corrected chi connectivity index (χ3v) is 3.58. The van der Waals surface area contributed by atoms with E-state index in [4.69, 9.17) is 16.3 Å². The molecule has 2 rings (SSSR count). The maximum atomic E-state index is 5.99. The molecule has 0 unspecified atom stereocenters. The molecule has 0 radical (unpaired) electrons. The lowest BCUT2D eigenvalue weighted by Gasteiger charge is -2.34. The van der Waals surface area contributed by atoms with Crippen molar-refractivity contribution in [3.63, 3.8) is 0 Å². The summed E-state index contributed by atoms with van der Waals surface area (Å²) in [5, 5.41) is 0.399. The van der Waals surface area contributed by atoms with Crippen molar-refractivity contribution in [2.75, 3.05) is 0 Å². The second-order valence-electron chi connectivity index (χ2n) is 4.44. The van der Waals surface area contributed by atoms with Crippen LogP contribution in [0, 0.1) is 0 Å². The van der Waals surface area contributed by atoms with E-state index in [1.807, 2.05) is 0 Å². The molecule has 1 nitrogen and oxygen atoms in total. The van der Waals surface area contributed by atoms with Crippen LogP contribution >= 0.6 is 11.6 Å². The summed E-state index contributed by atoms with van der Waals surface area (Å²) in [4.78, 5) is 0. The first-order valence-electron chi connectivity index (χ1n) is 5.64. The van der Waals surface area contributed by atoms with E-state index < -0.39 is 0 Å². The Labute approximate surface area is 85.8 Å². The molecule has 0 N–H and O–H groups in total. The molecule has 0 aromatic carbocycles. The fraction of sp³-hybridized carbons (Fsp3) is 1.00. The molecule has 0 amide bonds. The highest BCUT2D eigenvalue weighted by atomic mass is 35.5. The summed E-state index contributed by atoms with van der Waals surface area (Å²) >= 11 is 5.91. The van der Waals surface area contributed by atoms with Gasteiger partial charge in [-0.25, -0.2) is 0 Å². The van der Waals surface area contributed by atoms with Crippen LogP contribution in [0.3, 0.4) is 0 Å². The monoisotopic (exact) mass is 202 g/mol. The zero-order valence-corrected chi connectivity index (χ0v) is 8.93. The van der Waals surface area contributed by atoms with Crippen molar-refractivity contribution in [3.05, 3.63) is 0 Å². The van der Waals surface area contributed by atoms with Crippen LogP contribution < -0.4 is 0 Å². The Kier molecular flexibility index (Phi) is 3.51. The minimum Gasteiger partial charge on any atom is -0.375 e. The van der Waals surface area contributed by atoms with Gasteiger partial charge in [-0.2, -0.15) is 0 Å². The van der Waals surface area contributed by atoms with Gasteiger partial charge in [0.15, 0.2) is 0 Å². The Balaban J connectivity index is 1.67. The van der Waals surface area contributed by atoms with E-state index in [9.17, 15) is 0 Å². The molecule has 2 heteroatoms. The van der Waals surface area contributed by atoms with Crippen LogP contribution in [0.25, 0.3) is 0 Å². The second kappa shape index (κ2) is 4.65. The molecule has 0 bridgehead atoms. The van der Waals surface area contributed by atoms with Crippen LogP contribution in [0.15, 0.2) is 0 Å². The SMILES string of the molecule is ClC1CC(OC2CCCCCC2)C1. The average molecular weight is 203 g/mol. The maximum Gasteiger partial charge on any atom is 0.0607 e. The van der Waals surface area contributed by atoms with E-state index in [0.717, 1.165) is 12.8 Å². The summed E-state index contributed by atoms with van der Waals surface area (Å²) in [6.07, 6.45) is 11.3. The van der Waals surface area contributed by atoms with Gasteiger partial charge in [-0.3, -0.25) is 0 Å². The Morgan fingerprint density at radius 1 is 0.846 bits per heavy atom. The molecule has 76 valence electrons. The third-order valence-electron chi connectivity index (χ3n) is 3.22. The Morgan fingerprint density at radius 3 is 2.00 bits per heavy atom. The van der Waals surface area contributed by atoms with Gasteiger partial charge >= 0.3 is 0 Å². The fourth-order valence-electron chi connectivity index (χ4n) is 2.26. The normalized spacial score (nSPS) is 36.7. The van der Waals surface area contributed by atoms with E-state index >= 15 is 0 Å². The van der Waals surface area contributed by atoms with Gasteiger partial charge in [0.1, 0.15) is 0 Å². The predicted octanol–water partition coefficient (Wildman–Crippen LogP) is 3.50. The third kappa shape index (κ3) is 2.85. The molecule has 0 aromatic heterocycles. The van der Waals surface area contributed by atoms with Crippen molar-refractivity contribution in [3.8, 4) is 0 Å². The molecule has 13 heavy (non-hydrogen) atoms. The molecule has 0 aromatic rings. The van der Waals surface area contributed by atoms with Gasteiger partial charge in [0.2, 0.25) is 0 Å². The fourth-order valence-corrected chi connectivity index (χ4v) is 2.66. The molecule has 2 saturated carbocycles. The second-order valence-corrected chi connectivity index (χ2v) is 5.06. The van der Waals surface area contributed by atoms with E-state index in [1.54, 1.807) is 0 Å². The lowest BCUT2D eigenvalue weighted by Crippen LogP contribution is -2.35. The molecule has 2 aliphatic rings. The zero-order valence-electron chi connectivity index (χ0n) is 8.18. The first-order valence-corrected chi connectivity index (χ1v) is 6.08. The lowest BCUT2D eigenvalue weighted by atomic mass is 9.95. The first-order chi connectivity index (χ1) is 6.34. The molecule has 0 heterocycles. The summed E-state index contributed by atoms with van der Waals surface area (Å²) in [6.45, 7) is 0. The Morgan fingerprint density at radius 2 is 1.46 bits per heavy atom. The number of ether oxygens (including phenoxy) is 1. The average Bonchev–Trinajstić information content (AvgIpc) is 2.30. The van der Waals surface area contributed by atoms with Gasteiger partial charge in [-0.05, 0) is 25.7 Å². The van der Waals surface area contributed by atoms with Crippen molar-refractivity contribution >= 4 is 11.6 Å². The van der Waals surface area contributed by atoms with Crippen LogP contribution in [-0.2, 0) is 4.74 Å². The van der Waals surface area contributed by atoms with Crippen LogP contribution in [0.4, 0.5) is 0 Å². The Hall–Kier alpha value is 0.250. The van der Waals surface area contributed by atoms with E-state index in [0.29, 0.717) is 17.6 Å². The molecule has 0 aliphatic heterocycles. The van der Waals surface area contributed by atoms with Gasteiger partial charge < -0.3 is 4.74 Å². The van der Waals surface area contributed by atoms with Gasteiger partial charge in [0.25, 0.3) is 0 Å². The number of alkyl halides is 1. The largest absolute Gasteiger partial charge is 0.375 e. The number of rotatable bonds is 2. The van der Waals surface area contributed by atoms with Crippen molar-refractivity contribution in [2.24, 2.45) is 0 Å². The van der Waals surface area contributed by atoms with Crippen molar-refractivity contribution in [2.45, 2.75) is 69.0 Å². The zero-order chi connectivity index (χ0) is 9.10. The standard InChI is InChI=1S/C11H19ClO/c12-9-7-11(8-9)13-10-5-3-1-2-4-6-10/h9-11H,1-8H2. The number of halogens is 1. The van der Waals surface area contributed by atoms with E-state index in [1.165, 1.54) is 38.5 Å². The van der Waals surface area contributed by atoms with E-state index in [-0.39, 0.29) is 0 Å². The van der Waals surface area contributed by atoms with Crippen LogP contribution in [0.1, 0.15) is 51.4 Å². The van der Waals surface area contributed by atoms with Crippen molar-refractivity contribution in [1.29, 1.82) is 0 Å². The molecule has 0 atom stereocenters. The van der Waals surface area contributed by atoms with Gasteiger partial charge in [0, 0.05) is 5.38 Å². The smallest absolute Gasteiger partial charge is 0.0607 e. The summed E-state index contributed by atoms with van der Waals surface area (Å²) in [6, 6.07) is 0. The van der Waals surface area contributed by atoms with Crippen LogP contribution in [0.5, 0.6) is 0 Å². The lowest BCUT2D eigenvalue weighted by molar-refractivity contribution is -0.0545. The topological polar surface area (TPSA) is 9.23 Å². The quantitative estimate of drug-likeness (QED) is 0.492. The van der Waals surface area contributed by atoms with Gasteiger partial charge in [-0.1, -0.05) is 25.7 Å². The molecule has 0 saturated heterocycles. The summed E-state index contributed by atoms with van der Waals surface area (Å²) < 4.78 is 5.99. The molecule has 2 fully saturated rings. The minimum absolute atomic E-state index is 0.399. The molecular formula is C11H19ClO. The molecule has 0 spiro atoms. The van der Waals surface area contributed by atoms with Crippen molar-refractivity contribution in [1.82, 2.24) is 0 Å². The van der Waals surface area contributed by atoms with Crippen molar-refractivity contribution < 1.29 is 4.74 Å². The highest BCUT2D eigenvalue weighted by Gasteiger charge is 2.30. The maximum absolute atomic E-state index is 5.99. The summed E-state index contributed by atoms with van der Waals surface area (Å²) in [7, 11) is 0. The predicted molar refractivity (Wildman–Crippen MR) is 55.2 cm³/mol. The Bertz CT molecular complexity index is 146. The molecular weight excluding hydrogens is 184 g/mol. The first kappa shape index (κ1) is 9.79. The van der Waals surface area contributed by atoms with Crippen LogP contribution in [0.2, 0.25) is 0 Å². The van der Waals surface area contributed by atoms with Crippen LogP contribution in [-0.4, -0.2) is 17.6 Å². The highest BCUT2D eigenvalue weighted by molar-refractivity contribution is 6.21. The summed E-state index contributed by atoms with van der Waals surface area (Å²) in [5.74, 6) is 0. The summed E-state index contributed by atoms with van der Waals surface area (Å²) in [5.41, 5.74) is 0. The van der Waals surface area contributed by atoms with Gasteiger partial charge in [-0.15, -0.1) is 11.6 Å². The molecule has 2 aliphatic carbocycles. The number of hydrogen-bond acceptors (Lipinski definition) is 1. The van der Waals surface area contributed by atoms with Gasteiger partial charge in [0.05, 0.1) is 12.2 Å². The minimum atomic E-state index is 0.399. The van der Waals surface area contributed by atoms with E-state index in [2.05, 4.69) is 0 Å².